The van der Waals surface area contributed by atoms with Gasteiger partial charge in [-0.3, -0.25) is 4.79 Å². The van der Waals surface area contributed by atoms with Crippen LogP contribution in [0.2, 0.25) is 0 Å². The molecule has 0 aliphatic carbocycles. The van der Waals surface area contributed by atoms with Crippen molar-refractivity contribution in [3.63, 3.8) is 0 Å². The fraction of sp³-hybridized carbons (Fsp3) is 0.350. The van der Waals surface area contributed by atoms with Gasteiger partial charge < -0.3 is 10.1 Å². The molecule has 1 aromatic heterocycles. The summed E-state index contributed by atoms with van der Waals surface area (Å²) in [6, 6.07) is 15.9. The average Bonchev–Trinajstić information content (AvgIpc) is 2.95. The van der Waals surface area contributed by atoms with Gasteiger partial charge in [0.15, 0.2) is 0 Å². The van der Waals surface area contributed by atoms with Gasteiger partial charge in [0.1, 0.15) is 11.3 Å². The minimum Gasteiger partial charge on any atom is -0.493 e. The van der Waals surface area contributed by atoms with Gasteiger partial charge in [-0.25, -0.2) is 4.68 Å². The first-order chi connectivity index (χ1) is 12.8. The number of hydrogen-bond acceptors (Lipinski definition) is 4. The van der Waals surface area contributed by atoms with Crippen LogP contribution in [0, 0.1) is 5.92 Å². The zero-order valence-electron chi connectivity index (χ0n) is 14.6. The van der Waals surface area contributed by atoms with Crippen LogP contribution in [-0.4, -0.2) is 34.1 Å². The summed E-state index contributed by atoms with van der Waals surface area (Å²) in [5, 5.41) is 11.4. The van der Waals surface area contributed by atoms with Crippen molar-refractivity contribution < 1.29 is 9.53 Å². The number of carbonyl (C=O) groups is 1. The Bertz CT molecular complexity index is 905. The van der Waals surface area contributed by atoms with Crippen LogP contribution >= 0.6 is 0 Å². The number of aryl methyl sites for hydroxylation is 1. The van der Waals surface area contributed by atoms with Crippen LogP contribution in [0.25, 0.3) is 11.0 Å². The van der Waals surface area contributed by atoms with E-state index in [0.717, 1.165) is 48.2 Å². The fourth-order valence-corrected chi connectivity index (χ4v) is 3.38. The molecule has 1 amide bonds. The van der Waals surface area contributed by atoms with Gasteiger partial charge in [-0.05, 0) is 43.0 Å². The van der Waals surface area contributed by atoms with E-state index in [4.69, 9.17) is 4.74 Å². The fourth-order valence-electron chi connectivity index (χ4n) is 3.38. The zero-order chi connectivity index (χ0) is 17.8. The van der Waals surface area contributed by atoms with Crippen LogP contribution in [0.5, 0.6) is 5.75 Å². The summed E-state index contributed by atoms with van der Waals surface area (Å²) in [5.74, 6) is 0.973. The second-order valence-corrected chi connectivity index (χ2v) is 6.59. The van der Waals surface area contributed by atoms with Crippen molar-refractivity contribution in [3.8, 4) is 5.75 Å². The molecular weight excluding hydrogens is 328 g/mol. The van der Waals surface area contributed by atoms with E-state index in [1.807, 2.05) is 53.2 Å². The lowest BCUT2D eigenvalue weighted by Gasteiger charge is -2.14. The number of hydrogen-bond donors (Lipinski definition) is 1. The molecular formula is C20H22N4O2. The minimum atomic E-state index is -0.0362. The van der Waals surface area contributed by atoms with E-state index in [1.54, 1.807) is 0 Å². The summed E-state index contributed by atoms with van der Waals surface area (Å²) >= 11 is 0. The first kappa shape index (κ1) is 16.6. The third-order valence-electron chi connectivity index (χ3n) is 4.80. The molecule has 2 heterocycles. The highest BCUT2D eigenvalue weighted by molar-refractivity contribution is 5.79. The zero-order valence-corrected chi connectivity index (χ0v) is 14.6. The number of fused-ring (bicyclic) bond motifs is 2. The predicted octanol–water partition coefficient (Wildman–Crippen LogP) is 2.58. The summed E-state index contributed by atoms with van der Waals surface area (Å²) in [7, 11) is 0. The third kappa shape index (κ3) is 3.54. The van der Waals surface area contributed by atoms with Gasteiger partial charge in [-0.2, -0.15) is 0 Å². The highest BCUT2D eigenvalue weighted by Gasteiger charge is 2.23. The monoisotopic (exact) mass is 350 g/mol. The summed E-state index contributed by atoms with van der Waals surface area (Å²) in [5.41, 5.74) is 3.03. The highest BCUT2D eigenvalue weighted by Crippen LogP contribution is 2.26. The van der Waals surface area contributed by atoms with Crippen LogP contribution in [0.3, 0.4) is 0 Å². The Hall–Kier alpha value is -2.89. The summed E-state index contributed by atoms with van der Waals surface area (Å²) in [6.07, 6.45) is 2.29. The molecule has 4 rings (SSSR count). The lowest BCUT2D eigenvalue weighted by atomic mass is 9.96. The average molecular weight is 350 g/mol. The number of rotatable bonds is 5. The number of amides is 1. The Labute approximate surface area is 152 Å². The summed E-state index contributed by atoms with van der Waals surface area (Å²) in [4.78, 5) is 12.5. The molecule has 2 aromatic carbocycles. The molecule has 0 spiro atoms. The lowest BCUT2D eigenvalue weighted by molar-refractivity contribution is -0.125. The molecule has 1 aliphatic rings. The van der Waals surface area contributed by atoms with Crippen LogP contribution in [-0.2, 0) is 17.8 Å². The van der Waals surface area contributed by atoms with Crippen molar-refractivity contribution in [2.45, 2.75) is 25.8 Å². The maximum atomic E-state index is 12.5. The van der Waals surface area contributed by atoms with Crippen LogP contribution in [0.15, 0.2) is 48.5 Å². The Morgan fingerprint density at radius 1 is 1.19 bits per heavy atom. The molecule has 134 valence electrons. The third-order valence-corrected chi connectivity index (χ3v) is 4.80. The van der Waals surface area contributed by atoms with Crippen LogP contribution in [0.4, 0.5) is 0 Å². The molecule has 0 saturated carbocycles. The molecule has 1 atom stereocenters. The van der Waals surface area contributed by atoms with E-state index >= 15 is 0 Å². The number of nitrogens with one attached hydrogen (secondary N) is 1. The standard InChI is InChI=1S/C20H22N4O2/c25-20(16-10-13-26-19-9-4-1-6-15(19)14-16)21-11-5-12-24-18-8-3-2-7-17(18)22-23-24/h1-4,6-9,16H,5,10-14H2,(H,21,25)/t16-/m0/s1. The number of benzene rings is 2. The summed E-state index contributed by atoms with van der Waals surface area (Å²) < 4.78 is 7.63. The van der Waals surface area contributed by atoms with Crippen molar-refractivity contribution in [3.05, 3.63) is 54.1 Å². The van der Waals surface area contributed by atoms with Gasteiger partial charge in [0.2, 0.25) is 5.91 Å². The van der Waals surface area contributed by atoms with Crippen LogP contribution in [0.1, 0.15) is 18.4 Å². The number of carbonyl (C=O) groups excluding carboxylic acids is 1. The Kier molecular flexibility index (Phi) is 4.82. The molecule has 0 fully saturated rings. The Morgan fingerprint density at radius 3 is 3.00 bits per heavy atom. The van der Waals surface area contributed by atoms with E-state index in [0.29, 0.717) is 13.2 Å². The molecule has 3 aromatic rings. The van der Waals surface area contributed by atoms with Crippen molar-refractivity contribution in [2.24, 2.45) is 5.92 Å². The molecule has 1 aliphatic heterocycles. The van der Waals surface area contributed by atoms with Crippen molar-refractivity contribution >= 4 is 16.9 Å². The number of ether oxygens (including phenoxy) is 1. The number of aromatic nitrogens is 3. The van der Waals surface area contributed by atoms with Gasteiger partial charge in [-0.1, -0.05) is 35.5 Å². The van der Waals surface area contributed by atoms with Gasteiger partial charge in [0, 0.05) is 19.0 Å². The highest BCUT2D eigenvalue weighted by atomic mass is 16.5. The van der Waals surface area contributed by atoms with Gasteiger partial charge >= 0.3 is 0 Å². The Balaban J connectivity index is 1.29. The Morgan fingerprint density at radius 2 is 2.04 bits per heavy atom. The van der Waals surface area contributed by atoms with Crippen molar-refractivity contribution in [2.75, 3.05) is 13.2 Å². The van der Waals surface area contributed by atoms with E-state index in [2.05, 4.69) is 15.6 Å². The van der Waals surface area contributed by atoms with Crippen LogP contribution < -0.4 is 10.1 Å². The first-order valence-electron chi connectivity index (χ1n) is 9.08. The number of nitrogens with zero attached hydrogens (tertiary/aromatic N) is 3. The smallest absolute Gasteiger partial charge is 0.223 e. The molecule has 0 radical (unpaired) electrons. The second kappa shape index (κ2) is 7.56. The molecule has 0 bridgehead atoms. The largest absolute Gasteiger partial charge is 0.493 e. The SMILES string of the molecule is O=C(NCCCn1nnc2ccccc21)[C@H]1CCOc2ccccc2C1. The molecule has 0 unspecified atom stereocenters. The van der Waals surface area contributed by atoms with Gasteiger partial charge in [-0.15, -0.1) is 5.10 Å². The van der Waals surface area contributed by atoms with E-state index < -0.39 is 0 Å². The normalized spacial score (nSPS) is 16.5. The maximum absolute atomic E-state index is 12.5. The second-order valence-electron chi connectivity index (χ2n) is 6.59. The maximum Gasteiger partial charge on any atom is 0.223 e. The van der Waals surface area contributed by atoms with E-state index in [-0.39, 0.29) is 11.8 Å². The first-order valence-corrected chi connectivity index (χ1v) is 9.08. The van der Waals surface area contributed by atoms with Crippen molar-refractivity contribution in [1.29, 1.82) is 0 Å². The minimum absolute atomic E-state index is 0.0362. The molecule has 6 heteroatoms. The van der Waals surface area contributed by atoms with Gasteiger partial charge in [0.25, 0.3) is 0 Å². The molecule has 6 nitrogen and oxygen atoms in total. The summed E-state index contributed by atoms with van der Waals surface area (Å²) in [6.45, 7) is 1.95. The van der Waals surface area contributed by atoms with E-state index in [1.165, 1.54) is 0 Å². The quantitative estimate of drug-likeness (QED) is 0.718. The topological polar surface area (TPSA) is 69.0 Å². The molecule has 1 N–H and O–H groups in total. The number of para-hydroxylation sites is 2. The van der Waals surface area contributed by atoms with Crippen molar-refractivity contribution in [1.82, 2.24) is 20.3 Å². The molecule has 0 saturated heterocycles. The predicted molar refractivity (Wildman–Crippen MR) is 98.9 cm³/mol. The molecule has 26 heavy (non-hydrogen) atoms. The van der Waals surface area contributed by atoms with Gasteiger partial charge in [0.05, 0.1) is 12.1 Å². The van der Waals surface area contributed by atoms with E-state index in [9.17, 15) is 4.79 Å². The lowest BCUT2D eigenvalue weighted by Crippen LogP contribution is -2.33.